The Labute approximate surface area is 220 Å². The van der Waals surface area contributed by atoms with Crippen molar-refractivity contribution >= 4 is 44.1 Å². The van der Waals surface area contributed by atoms with E-state index in [1.165, 1.54) is 24.3 Å². The van der Waals surface area contributed by atoms with Crippen LogP contribution in [0, 0.1) is 13.8 Å². The van der Waals surface area contributed by atoms with Crippen LogP contribution in [0.5, 0.6) is 0 Å². The van der Waals surface area contributed by atoms with Gasteiger partial charge in [0.05, 0.1) is 22.9 Å². The molecule has 0 aliphatic carbocycles. The third kappa shape index (κ3) is 16.4. The van der Waals surface area contributed by atoms with E-state index >= 15 is 0 Å². The van der Waals surface area contributed by atoms with Crippen molar-refractivity contribution in [2.45, 2.75) is 23.6 Å². The van der Waals surface area contributed by atoms with Crippen molar-refractivity contribution in [1.82, 2.24) is 0 Å². The van der Waals surface area contributed by atoms with Crippen molar-refractivity contribution in [3.8, 4) is 0 Å². The number of guanidine groups is 4. The minimum atomic E-state index is -4.02. The molecular formula is C20H32N10O6S2. The van der Waals surface area contributed by atoms with Gasteiger partial charge in [0, 0.05) is 0 Å². The zero-order valence-electron chi connectivity index (χ0n) is 20.6. The molecule has 0 heterocycles. The number of hydrogen-bond donors (Lipinski definition) is 8. The molecule has 0 atom stereocenters. The summed E-state index contributed by atoms with van der Waals surface area (Å²) in [5, 5.41) is 0. The molecule has 0 aliphatic rings. The van der Waals surface area contributed by atoms with Crippen molar-refractivity contribution in [3.63, 3.8) is 0 Å². The molecular weight excluding hydrogens is 540 g/mol. The summed E-state index contributed by atoms with van der Waals surface area (Å²) in [6, 6.07) is 12.0. The zero-order chi connectivity index (χ0) is 29.5. The van der Waals surface area contributed by atoms with Gasteiger partial charge in [0.2, 0.25) is 11.9 Å². The van der Waals surface area contributed by atoms with E-state index in [0.29, 0.717) is 0 Å². The first-order valence-electron chi connectivity index (χ1n) is 10.3. The fraction of sp³-hybridized carbons (Fsp3) is 0.200. The number of aryl methyl sites for hydroxylation is 2. The van der Waals surface area contributed by atoms with Crippen LogP contribution < -0.4 is 34.4 Å². The third-order valence-electron chi connectivity index (χ3n) is 3.77. The molecule has 0 saturated heterocycles. The lowest BCUT2D eigenvalue weighted by atomic mass is 10.2. The Morgan fingerprint density at radius 3 is 1.08 bits per heavy atom. The number of aliphatic imine (C=N–C) groups is 4. The van der Waals surface area contributed by atoms with E-state index in [-0.39, 0.29) is 46.7 Å². The van der Waals surface area contributed by atoms with Gasteiger partial charge >= 0.3 is 0 Å². The number of benzene rings is 2. The smallest absolute Gasteiger partial charge is 0.294 e. The van der Waals surface area contributed by atoms with Crippen LogP contribution >= 0.6 is 0 Å². The lowest BCUT2D eigenvalue weighted by molar-refractivity contribution is 0.481. The summed E-state index contributed by atoms with van der Waals surface area (Å²) in [5.74, 6) is -0.388. The number of rotatable bonds is 5. The van der Waals surface area contributed by atoms with Crippen LogP contribution in [0.2, 0.25) is 0 Å². The molecule has 0 spiro atoms. The van der Waals surface area contributed by atoms with E-state index in [0.717, 1.165) is 11.1 Å². The maximum Gasteiger partial charge on any atom is 0.294 e. The molecule has 0 amide bonds. The highest BCUT2D eigenvalue weighted by Gasteiger charge is 2.07. The van der Waals surface area contributed by atoms with E-state index < -0.39 is 20.2 Å². The average Bonchev–Trinajstić information content (AvgIpc) is 2.76. The van der Waals surface area contributed by atoms with Gasteiger partial charge in [-0.05, 0) is 38.1 Å². The first kappa shape index (κ1) is 33.7. The van der Waals surface area contributed by atoms with Crippen LogP contribution in [-0.4, -0.2) is 62.9 Å². The molecule has 16 nitrogen and oxygen atoms in total. The number of hydrogen-bond acceptors (Lipinski definition) is 6. The molecule has 0 aliphatic heterocycles. The lowest BCUT2D eigenvalue weighted by Crippen LogP contribution is -2.27. The highest BCUT2D eigenvalue weighted by molar-refractivity contribution is 7.86. The topological polar surface area (TPSA) is 314 Å². The van der Waals surface area contributed by atoms with Crippen LogP contribution in [0.3, 0.4) is 0 Å². The Balaban J connectivity index is 0.000000554. The maximum absolute atomic E-state index is 10.5. The third-order valence-corrected chi connectivity index (χ3v) is 5.51. The molecule has 0 bridgehead atoms. The Bertz CT molecular complexity index is 1250. The molecule has 0 aromatic heterocycles. The van der Waals surface area contributed by atoms with Crippen LogP contribution in [0.15, 0.2) is 78.3 Å². The van der Waals surface area contributed by atoms with Crippen LogP contribution in [0.4, 0.5) is 0 Å². The van der Waals surface area contributed by atoms with E-state index in [9.17, 15) is 16.8 Å². The van der Waals surface area contributed by atoms with Crippen molar-refractivity contribution in [1.29, 1.82) is 0 Å². The molecule has 210 valence electrons. The van der Waals surface area contributed by atoms with Crippen molar-refractivity contribution in [2.75, 3.05) is 13.1 Å². The lowest BCUT2D eigenvalue weighted by Gasteiger charge is -1.95. The molecule has 18 heteroatoms. The Morgan fingerprint density at radius 1 is 0.605 bits per heavy atom. The van der Waals surface area contributed by atoms with Crippen molar-refractivity contribution in [3.05, 3.63) is 59.7 Å². The number of nitrogens with zero attached hydrogens (tertiary/aromatic N) is 4. The second kappa shape index (κ2) is 15.8. The predicted octanol–water partition coefficient (Wildman–Crippen LogP) is -1.35. The van der Waals surface area contributed by atoms with Gasteiger partial charge < -0.3 is 34.4 Å². The largest absolute Gasteiger partial charge is 0.370 e. The van der Waals surface area contributed by atoms with Crippen molar-refractivity contribution < 1.29 is 25.9 Å². The fourth-order valence-electron chi connectivity index (χ4n) is 2.08. The van der Waals surface area contributed by atoms with Gasteiger partial charge in [-0.1, -0.05) is 35.4 Å². The van der Waals surface area contributed by atoms with Crippen molar-refractivity contribution in [2.24, 2.45) is 54.4 Å². The first-order chi connectivity index (χ1) is 17.4. The fourth-order valence-corrected chi connectivity index (χ4v) is 3.04. The summed E-state index contributed by atoms with van der Waals surface area (Å²) in [5.41, 5.74) is 32.9. The minimum absolute atomic E-state index is 0.0318. The summed E-state index contributed by atoms with van der Waals surface area (Å²) in [6.07, 6.45) is 0. The van der Waals surface area contributed by atoms with E-state index in [4.69, 9.17) is 43.5 Å². The molecule has 0 unspecified atom stereocenters. The quantitative estimate of drug-likeness (QED) is 0.0891. The molecule has 0 radical (unpaired) electrons. The first-order valence-corrected chi connectivity index (χ1v) is 13.2. The van der Waals surface area contributed by atoms with E-state index in [1.807, 2.05) is 13.8 Å². The molecule has 2 rings (SSSR count). The second-order valence-corrected chi connectivity index (χ2v) is 9.97. The molecule has 0 saturated carbocycles. The molecule has 38 heavy (non-hydrogen) atoms. The predicted molar refractivity (Wildman–Crippen MR) is 147 cm³/mol. The van der Waals surface area contributed by atoms with E-state index in [1.54, 1.807) is 24.3 Å². The second-order valence-electron chi connectivity index (χ2n) is 7.13. The zero-order valence-corrected chi connectivity index (χ0v) is 22.3. The SMILES string of the molecule is Cc1ccc(S(=O)(=O)O)cc1.Cc1ccc(S(=O)(=O)O)cc1.NC(N)=NC(N)=NCCN=C(N)N=C(N)N. The molecule has 2 aromatic carbocycles. The van der Waals surface area contributed by atoms with Gasteiger partial charge in [0.15, 0.2) is 11.9 Å². The summed E-state index contributed by atoms with van der Waals surface area (Å²) < 4.78 is 59.1. The summed E-state index contributed by atoms with van der Waals surface area (Å²) in [4.78, 5) is 14.4. The highest BCUT2D eigenvalue weighted by Crippen LogP contribution is 2.09. The Hall–Kier alpha value is -4.26. The molecule has 2 aromatic rings. The highest BCUT2D eigenvalue weighted by atomic mass is 32.2. The summed E-state index contributed by atoms with van der Waals surface area (Å²) in [6.45, 7) is 4.22. The normalized spacial score (nSPS) is 11.7. The van der Waals surface area contributed by atoms with Gasteiger partial charge in [0.25, 0.3) is 20.2 Å². The monoisotopic (exact) mass is 572 g/mol. The summed E-state index contributed by atoms with van der Waals surface area (Å²) in [7, 11) is -8.04. The Morgan fingerprint density at radius 2 is 0.868 bits per heavy atom. The average molecular weight is 573 g/mol. The van der Waals surface area contributed by atoms with Crippen LogP contribution in [-0.2, 0) is 20.2 Å². The van der Waals surface area contributed by atoms with Gasteiger partial charge in [0.1, 0.15) is 0 Å². The standard InChI is InChI=1S/2C7H8O3S.C6H16N10/c2*1-6-2-4-7(5-3-6)11(8,9)10;7-3(8)15-5(11)13-1-2-14-6(12)16-4(9)10/h2*2-5H,1H3,(H,8,9,10);1-2H2,(H6,7,8,11,13,15)(H6,9,10,12,14,16). The summed E-state index contributed by atoms with van der Waals surface area (Å²) >= 11 is 0. The maximum atomic E-state index is 10.5. The van der Waals surface area contributed by atoms with Gasteiger partial charge in [-0.3, -0.25) is 9.11 Å². The molecule has 14 N–H and O–H groups in total. The van der Waals surface area contributed by atoms with E-state index in [2.05, 4.69) is 20.0 Å². The van der Waals surface area contributed by atoms with Crippen LogP contribution in [0.1, 0.15) is 11.1 Å². The van der Waals surface area contributed by atoms with Gasteiger partial charge in [-0.15, -0.1) is 0 Å². The molecule has 0 fully saturated rings. The van der Waals surface area contributed by atoms with Crippen LogP contribution in [0.25, 0.3) is 0 Å². The van der Waals surface area contributed by atoms with Gasteiger partial charge in [-0.2, -0.15) is 26.8 Å². The Kier molecular flexibility index (Phi) is 14.0. The van der Waals surface area contributed by atoms with Gasteiger partial charge in [-0.25, -0.2) is 9.98 Å². The minimum Gasteiger partial charge on any atom is -0.370 e. The number of nitrogens with two attached hydrogens (primary N) is 6.